The molecule has 0 spiro atoms. The maximum Gasteiger partial charge on any atom is 0.283 e. The second-order valence-corrected chi connectivity index (χ2v) is 6.78. The van der Waals surface area contributed by atoms with Gasteiger partial charge in [-0.1, -0.05) is 30.3 Å². The molecule has 7 nitrogen and oxygen atoms in total. The van der Waals surface area contributed by atoms with Gasteiger partial charge in [-0.15, -0.1) is 11.3 Å². The molecule has 3 rings (SSSR count). The highest BCUT2D eigenvalue weighted by Crippen LogP contribution is 2.29. The average molecular weight is 356 g/mol. The minimum absolute atomic E-state index is 0.0385. The van der Waals surface area contributed by atoms with E-state index < -0.39 is 11.0 Å². The first-order valence-corrected chi connectivity index (χ1v) is 8.37. The Morgan fingerprint density at radius 1 is 1.36 bits per heavy atom. The number of aryl methyl sites for hydroxylation is 2. The maximum absolute atomic E-state index is 12.7. The predicted octanol–water partition coefficient (Wildman–Crippen LogP) is 3.22. The Bertz CT molecular complexity index is 917. The molecule has 128 valence electrons. The van der Waals surface area contributed by atoms with Gasteiger partial charge in [0.05, 0.1) is 14.7 Å². The Morgan fingerprint density at radius 2 is 2.08 bits per heavy atom. The number of nitro groups is 1. The highest BCUT2D eigenvalue weighted by atomic mass is 32.1. The lowest BCUT2D eigenvalue weighted by atomic mass is 10.1. The fraction of sp³-hybridized carbons (Fsp3) is 0.176. The molecule has 1 atom stereocenters. The van der Waals surface area contributed by atoms with E-state index in [0.29, 0.717) is 15.6 Å². The van der Waals surface area contributed by atoms with Gasteiger partial charge in [-0.25, -0.2) is 4.98 Å². The summed E-state index contributed by atoms with van der Waals surface area (Å²) in [5.41, 5.74) is 0.844. The summed E-state index contributed by atoms with van der Waals surface area (Å²) in [6.45, 7) is 1.63. The molecule has 1 unspecified atom stereocenters. The summed E-state index contributed by atoms with van der Waals surface area (Å²) in [7, 11) is 1.85. The average Bonchev–Trinajstić information content (AvgIpc) is 3.19. The minimum atomic E-state index is -0.476. The Hall–Kier alpha value is -3.00. The van der Waals surface area contributed by atoms with Crippen LogP contribution in [0.2, 0.25) is 0 Å². The van der Waals surface area contributed by atoms with Gasteiger partial charge in [0.25, 0.3) is 11.6 Å². The Balaban J connectivity index is 1.93. The van der Waals surface area contributed by atoms with Gasteiger partial charge in [-0.2, -0.15) is 0 Å². The summed E-state index contributed by atoms with van der Waals surface area (Å²) in [5, 5.41) is 13.9. The lowest BCUT2D eigenvalue weighted by Gasteiger charge is -2.18. The molecule has 0 radical (unpaired) electrons. The van der Waals surface area contributed by atoms with Crippen LogP contribution in [-0.4, -0.2) is 20.4 Å². The molecule has 2 aromatic heterocycles. The van der Waals surface area contributed by atoms with E-state index in [-0.39, 0.29) is 11.6 Å². The molecule has 0 fully saturated rings. The lowest BCUT2D eigenvalue weighted by Crippen LogP contribution is -2.30. The number of nitrogens with zero attached hydrogens (tertiary/aromatic N) is 3. The van der Waals surface area contributed by atoms with Gasteiger partial charge < -0.3 is 9.88 Å². The van der Waals surface area contributed by atoms with Crippen LogP contribution in [0.3, 0.4) is 0 Å². The highest BCUT2D eigenvalue weighted by Gasteiger charge is 2.24. The zero-order chi connectivity index (χ0) is 18.0. The molecule has 3 aromatic rings. The number of carbonyl (C=O) groups is 1. The monoisotopic (exact) mass is 356 g/mol. The van der Waals surface area contributed by atoms with Crippen molar-refractivity contribution in [3.8, 4) is 0 Å². The summed E-state index contributed by atoms with van der Waals surface area (Å²) in [5.74, 6) is 0.320. The largest absolute Gasteiger partial charge is 0.337 e. The van der Waals surface area contributed by atoms with Crippen molar-refractivity contribution in [1.29, 1.82) is 0 Å². The Morgan fingerprint density at radius 3 is 2.64 bits per heavy atom. The summed E-state index contributed by atoms with van der Waals surface area (Å²) >= 11 is 1.11. The fourth-order valence-electron chi connectivity index (χ4n) is 2.57. The summed E-state index contributed by atoms with van der Waals surface area (Å²) in [6, 6.07) is 10.3. The molecule has 2 heterocycles. The van der Waals surface area contributed by atoms with E-state index in [9.17, 15) is 14.9 Å². The number of hydrogen-bond acceptors (Lipinski definition) is 5. The van der Waals surface area contributed by atoms with E-state index in [2.05, 4.69) is 10.3 Å². The number of imidazole rings is 1. The molecule has 0 aliphatic carbocycles. The molecule has 1 amide bonds. The van der Waals surface area contributed by atoms with E-state index in [1.165, 1.54) is 6.07 Å². The van der Waals surface area contributed by atoms with E-state index >= 15 is 0 Å². The first kappa shape index (κ1) is 16.8. The highest BCUT2D eigenvalue weighted by molar-refractivity contribution is 7.14. The molecular formula is C17H16N4O3S. The van der Waals surface area contributed by atoms with Gasteiger partial charge in [0, 0.05) is 25.5 Å². The summed E-state index contributed by atoms with van der Waals surface area (Å²) < 4.78 is 1.83. The number of rotatable bonds is 5. The molecule has 0 saturated carbocycles. The van der Waals surface area contributed by atoms with Gasteiger partial charge in [0.2, 0.25) is 0 Å². The van der Waals surface area contributed by atoms with Gasteiger partial charge in [-0.3, -0.25) is 14.9 Å². The van der Waals surface area contributed by atoms with Crippen LogP contribution < -0.4 is 5.32 Å². The molecule has 0 saturated heterocycles. The van der Waals surface area contributed by atoms with Crippen molar-refractivity contribution in [1.82, 2.24) is 14.9 Å². The second-order valence-electron chi connectivity index (χ2n) is 5.52. The molecule has 1 N–H and O–H groups in total. The van der Waals surface area contributed by atoms with Crippen molar-refractivity contribution in [3.05, 3.63) is 80.0 Å². The number of amides is 1. The first-order valence-electron chi connectivity index (χ1n) is 7.55. The molecule has 8 heteroatoms. The normalized spacial score (nSPS) is 11.9. The third-order valence-electron chi connectivity index (χ3n) is 3.84. The van der Waals surface area contributed by atoms with Crippen LogP contribution in [-0.2, 0) is 7.05 Å². The number of carbonyl (C=O) groups excluding carboxylic acids is 1. The van der Waals surface area contributed by atoms with Crippen molar-refractivity contribution in [2.45, 2.75) is 13.0 Å². The van der Waals surface area contributed by atoms with E-state index in [4.69, 9.17) is 0 Å². The first-order chi connectivity index (χ1) is 12.0. The van der Waals surface area contributed by atoms with Crippen molar-refractivity contribution in [2.75, 3.05) is 0 Å². The Labute approximate surface area is 148 Å². The summed E-state index contributed by atoms with van der Waals surface area (Å²) in [6.07, 6.45) is 3.47. The number of hydrogen-bond donors (Lipinski definition) is 1. The van der Waals surface area contributed by atoms with Crippen molar-refractivity contribution in [3.63, 3.8) is 0 Å². The van der Waals surface area contributed by atoms with Gasteiger partial charge in [0.1, 0.15) is 11.9 Å². The van der Waals surface area contributed by atoms with E-state index in [1.807, 2.05) is 41.9 Å². The quantitative estimate of drug-likeness (QED) is 0.561. The van der Waals surface area contributed by atoms with Crippen molar-refractivity contribution in [2.24, 2.45) is 7.05 Å². The van der Waals surface area contributed by atoms with E-state index in [0.717, 1.165) is 16.9 Å². The standard InChI is InChI=1S/C17H16N4O3S/c1-11-13(21(23)24)10-14(25-11)17(22)19-15(12-6-4-3-5-7-12)16-18-8-9-20(16)2/h3-10,15H,1-2H3,(H,19,22). The lowest BCUT2D eigenvalue weighted by molar-refractivity contribution is -0.385. The van der Waals surface area contributed by atoms with Gasteiger partial charge >= 0.3 is 0 Å². The zero-order valence-electron chi connectivity index (χ0n) is 13.7. The molecule has 0 aliphatic heterocycles. The van der Waals surface area contributed by atoms with Crippen LogP contribution in [0.15, 0.2) is 48.8 Å². The Kier molecular flexibility index (Phi) is 4.62. The van der Waals surface area contributed by atoms with Gasteiger partial charge in [0.15, 0.2) is 0 Å². The second kappa shape index (κ2) is 6.86. The van der Waals surface area contributed by atoms with Crippen LogP contribution in [0.25, 0.3) is 0 Å². The summed E-state index contributed by atoms with van der Waals surface area (Å²) in [4.78, 5) is 28.3. The van der Waals surface area contributed by atoms with Crippen LogP contribution in [0, 0.1) is 17.0 Å². The molecule has 1 aromatic carbocycles. The third-order valence-corrected chi connectivity index (χ3v) is 4.88. The molecule has 0 aliphatic rings. The molecular weight excluding hydrogens is 340 g/mol. The minimum Gasteiger partial charge on any atom is -0.337 e. The van der Waals surface area contributed by atoms with Gasteiger partial charge in [-0.05, 0) is 12.5 Å². The van der Waals surface area contributed by atoms with Crippen molar-refractivity contribution < 1.29 is 9.72 Å². The fourth-order valence-corrected chi connectivity index (χ4v) is 3.46. The maximum atomic E-state index is 12.7. The number of aromatic nitrogens is 2. The van der Waals surface area contributed by atoms with Crippen molar-refractivity contribution >= 4 is 22.9 Å². The third kappa shape index (κ3) is 3.43. The van der Waals surface area contributed by atoms with Crippen LogP contribution in [0.5, 0.6) is 0 Å². The van der Waals surface area contributed by atoms with Crippen LogP contribution in [0.4, 0.5) is 5.69 Å². The van der Waals surface area contributed by atoms with Crippen LogP contribution >= 0.6 is 11.3 Å². The number of benzene rings is 1. The zero-order valence-corrected chi connectivity index (χ0v) is 14.5. The number of nitrogens with one attached hydrogen (secondary N) is 1. The number of thiophene rings is 1. The topological polar surface area (TPSA) is 90.1 Å². The molecule has 0 bridgehead atoms. The van der Waals surface area contributed by atoms with Crippen LogP contribution in [0.1, 0.15) is 32.0 Å². The SMILES string of the molecule is Cc1sc(C(=O)NC(c2ccccc2)c2nccn2C)cc1[N+](=O)[O-]. The smallest absolute Gasteiger partial charge is 0.283 e. The molecule has 25 heavy (non-hydrogen) atoms. The predicted molar refractivity (Wildman–Crippen MR) is 94.7 cm³/mol. The van der Waals surface area contributed by atoms with E-state index in [1.54, 1.807) is 19.3 Å².